The van der Waals surface area contributed by atoms with Gasteiger partial charge >= 0.3 is 12.4 Å². The van der Waals surface area contributed by atoms with Gasteiger partial charge in [0.05, 0.1) is 22.2 Å². The zero-order valence-electron chi connectivity index (χ0n) is 11.9. The molecule has 2 N–H and O–H groups in total. The molecule has 0 radical (unpaired) electrons. The molecule has 1 heterocycles. The highest BCUT2D eigenvalue weighted by molar-refractivity contribution is 6.06. The van der Waals surface area contributed by atoms with Gasteiger partial charge in [-0.2, -0.15) is 26.3 Å². The quantitative estimate of drug-likeness (QED) is 0.657. The standard InChI is InChI=1S/C14H12F6N2O/c1-6-8(13(15,16)17)2-7(10(21)22-6)9(23)11-3-12(4-11,5-11)14(18,19)20/h2H,3-5H2,1H3,(H2,21,22). The molecule has 3 nitrogen and oxygen atoms in total. The number of hydrogen-bond donors (Lipinski definition) is 1. The number of nitrogen functional groups attached to an aromatic ring is 1. The Morgan fingerprint density at radius 2 is 1.70 bits per heavy atom. The molecule has 0 spiro atoms. The lowest BCUT2D eigenvalue weighted by atomic mass is 9.33. The molecule has 9 heteroatoms. The molecule has 3 aliphatic carbocycles. The van der Waals surface area contributed by atoms with Crippen molar-refractivity contribution in [1.29, 1.82) is 0 Å². The van der Waals surface area contributed by atoms with Crippen molar-refractivity contribution < 1.29 is 31.1 Å². The number of aromatic nitrogens is 1. The molecular formula is C14H12F6N2O. The maximum Gasteiger partial charge on any atom is 0.418 e. The molecule has 0 aromatic carbocycles. The Kier molecular flexibility index (Phi) is 2.92. The molecule has 3 aliphatic rings. The fourth-order valence-corrected chi connectivity index (χ4v) is 3.71. The molecule has 0 atom stereocenters. The van der Waals surface area contributed by atoms with Crippen LogP contribution < -0.4 is 5.73 Å². The van der Waals surface area contributed by atoms with Crippen LogP contribution in [0.5, 0.6) is 0 Å². The Morgan fingerprint density at radius 1 is 1.17 bits per heavy atom. The summed E-state index contributed by atoms with van der Waals surface area (Å²) in [5.41, 5.74) is 0.490. The molecule has 1 aromatic heterocycles. The Balaban J connectivity index is 1.92. The molecule has 0 unspecified atom stereocenters. The molecule has 23 heavy (non-hydrogen) atoms. The van der Waals surface area contributed by atoms with Crippen molar-refractivity contribution in [3.8, 4) is 0 Å². The summed E-state index contributed by atoms with van der Waals surface area (Å²) in [5.74, 6) is -1.16. The summed E-state index contributed by atoms with van der Waals surface area (Å²) in [6.07, 6.45) is -10.3. The number of nitrogens with two attached hydrogens (primary N) is 1. The summed E-state index contributed by atoms with van der Waals surface area (Å²) < 4.78 is 77.2. The third kappa shape index (κ3) is 2.05. The van der Waals surface area contributed by atoms with Crippen LogP contribution in [0.15, 0.2) is 6.07 Å². The molecule has 126 valence electrons. The molecule has 0 aliphatic heterocycles. The third-order valence-corrected chi connectivity index (χ3v) is 4.91. The molecule has 0 amide bonds. The number of alkyl halides is 6. The van der Waals surface area contributed by atoms with Crippen molar-refractivity contribution in [3.05, 3.63) is 22.9 Å². The average molecular weight is 338 g/mol. The van der Waals surface area contributed by atoms with Gasteiger partial charge in [-0.3, -0.25) is 4.79 Å². The van der Waals surface area contributed by atoms with Crippen LogP contribution in [0.1, 0.15) is 40.9 Å². The van der Waals surface area contributed by atoms with Crippen molar-refractivity contribution in [2.75, 3.05) is 5.73 Å². The predicted octanol–water partition coefficient (Wildman–Crippen LogP) is 3.91. The van der Waals surface area contributed by atoms with E-state index >= 15 is 0 Å². The van der Waals surface area contributed by atoms with Crippen LogP contribution in [-0.2, 0) is 6.18 Å². The van der Waals surface area contributed by atoms with E-state index in [2.05, 4.69) is 4.98 Å². The molecule has 3 fully saturated rings. The maximum atomic E-state index is 12.9. The monoisotopic (exact) mass is 338 g/mol. The molecule has 4 rings (SSSR count). The van der Waals surface area contributed by atoms with Crippen molar-refractivity contribution in [1.82, 2.24) is 4.98 Å². The fraction of sp³-hybridized carbons (Fsp3) is 0.571. The Morgan fingerprint density at radius 3 is 2.13 bits per heavy atom. The second-order valence-corrected chi connectivity index (χ2v) is 6.47. The highest BCUT2D eigenvalue weighted by atomic mass is 19.4. The summed E-state index contributed by atoms with van der Waals surface area (Å²) >= 11 is 0. The maximum absolute atomic E-state index is 12.9. The number of carbonyl (C=O) groups is 1. The normalized spacial score (nSPS) is 29.7. The van der Waals surface area contributed by atoms with Crippen molar-refractivity contribution in [2.24, 2.45) is 10.8 Å². The van der Waals surface area contributed by atoms with Gasteiger partial charge in [0.2, 0.25) is 0 Å². The van der Waals surface area contributed by atoms with E-state index in [1.165, 1.54) is 0 Å². The van der Waals surface area contributed by atoms with Gasteiger partial charge in [-0.15, -0.1) is 0 Å². The number of carbonyl (C=O) groups excluding carboxylic acids is 1. The molecule has 0 saturated heterocycles. The first-order chi connectivity index (χ1) is 10.3. The SMILES string of the molecule is Cc1nc(N)c(C(=O)C23CC(C(F)(F)F)(C2)C3)cc1C(F)(F)F. The minimum absolute atomic E-state index is 0.379. The van der Waals surface area contributed by atoms with E-state index in [0.717, 1.165) is 6.92 Å². The smallest absolute Gasteiger partial charge is 0.383 e. The van der Waals surface area contributed by atoms with Crippen LogP contribution in [0.4, 0.5) is 32.2 Å². The minimum Gasteiger partial charge on any atom is -0.383 e. The van der Waals surface area contributed by atoms with Crippen LogP contribution in [0.3, 0.4) is 0 Å². The van der Waals surface area contributed by atoms with Gasteiger partial charge in [-0.1, -0.05) is 0 Å². The van der Waals surface area contributed by atoms with E-state index in [9.17, 15) is 31.1 Å². The summed E-state index contributed by atoms with van der Waals surface area (Å²) in [6.45, 7) is 1.10. The predicted molar refractivity (Wildman–Crippen MR) is 67.5 cm³/mol. The molecule has 1 aromatic rings. The van der Waals surface area contributed by atoms with Crippen LogP contribution >= 0.6 is 0 Å². The number of anilines is 1. The minimum atomic E-state index is -4.72. The lowest BCUT2D eigenvalue weighted by Gasteiger charge is -2.69. The number of hydrogen-bond acceptors (Lipinski definition) is 3. The summed E-state index contributed by atoms with van der Waals surface area (Å²) in [4.78, 5) is 15.9. The van der Waals surface area contributed by atoms with E-state index in [-0.39, 0.29) is 11.5 Å². The summed E-state index contributed by atoms with van der Waals surface area (Å²) in [6, 6.07) is 0.598. The first kappa shape index (κ1) is 16.1. The zero-order valence-corrected chi connectivity index (χ0v) is 11.9. The Bertz CT molecular complexity index is 687. The number of pyridine rings is 1. The van der Waals surface area contributed by atoms with Crippen molar-refractivity contribution >= 4 is 11.6 Å². The Labute approximate surface area is 126 Å². The van der Waals surface area contributed by atoms with Crippen LogP contribution in [0, 0.1) is 17.8 Å². The van der Waals surface area contributed by atoms with E-state index < -0.39 is 59.4 Å². The second-order valence-electron chi connectivity index (χ2n) is 6.47. The number of nitrogens with zero attached hydrogens (tertiary/aromatic N) is 1. The van der Waals surface area contributed by atoms with Gasteiger partial charge in [0.25, 0.3) is 0 Å². The van der Waals surface area contributed by atoms with Crippen LogP contribution in [0.25, 0.3) is 0 Å². The number of rotatable bonds is 2. The average Bonchev–Trinajstić information content (AvgIpc) is 2.20. The zero-order chi connectivity index (χ0) is 17.4. The number of aryl methyl sites for hydroxylation is 1. The van der Waals surface area contributed by atoms with Gasteiger partial charge in [-0.25, -0.2) is 4.98 Å². The highest BCUT2D eigenvalue weighted by Crippen LogP contribution is 2.79. The molecular weight excluding hydrogens is 326 g/mol. The van der Waals surface area contributed by atoms with Gasteiger partial charge in [0.1, 0.15) is 5.82 Å². The van der Waals surface area contributed by atoms with Gasteiger partial charge in [-0.05, 0) is 32.3 Å². The number of halogens is 6. The third-order valence-electron chi connectivity index (χ3n) is 4.91. The van der Waals surface area contributed by atoms with Gasteiger partial charge in [0, 0.05) is 5.41 Å². The van der Waals surface area contributed by atoms with E-state index in [1.807, 2.05) is 0 Å². The fourth-order valence-electron chi connectivity index (χ4n) is 3.71. The largest absolute Gasteiger partial charge is 0.418 e. The van der Waals surface area contributed by atoms with Crippen LogP contribution in [0.2, 0.25) is 0 Å². The summed E-state index contributed by atoms with van der Waals surface area (Å²) in [7, 11) is 0. The van der Waals surface area contributed by atoms with E-state index in [0.29, 0.717) is 6.07 Å². The van der Waals surface area contributed by atoms with Crippen molar-refractivity contribution in [2.45, 2.75) is 38.5 Å². The molecule has 2 bridgehead atoms. The topological polar surface area (TPSA) is 56.0 Å². The second kappa shape index (κ2) is 4.18. The van der Waals surface area contributed by atoms with Crippen LogP contribution in [-0.4, -0.2) is 16.9 Å². The van der Waals surface area contributed by atoms with Gasteiger partial charge in [0.15, 0.2) is 5.78 Å². The summed E-state index contributed by atoms with van der Waals surface area (Å²) in [5, 5.41) is 0. The first-order valence-corrected chi connectivity index (χ1v) is 6.77. The van der Waals surface area contributed by atoms with Gasteiger partial charge < -0.3 is 5.73 Å². The van der Waals surface area contributed by atoms with Crippen molar-refractivity contribution in [3.63, 3.8) is 0 Å². The van der Waals surface area contributed by atoms with E-state index in [4.69, 9.17) is 5.73 Å². The highest BCUT2D eigenvalue weighted by Gasteiger charge is 2.80. The number of ketones is 1. The lowest BCUT2D eigenvalue weighted by Crippen LogP contribution is -2.70. The molecule has 3 saturated carbocycles. The lowest BCUT2D eigenvalue weighted by molar-refractivity contribution is -0.346. The first-order valence-electron chi connectivity index (χ1n) is 6.77. The van der Waals surface area contributed by atoms with E-state index in [1.54, 1.807) is 0 Å². The number of Topliss-reactive ketones (excluding diaryl/α,β-unsaturated/α-hetero) is 1. The Hall–Kier alpha value is -1.80.